The van der Waals surface area contributed by atoms with Crippen LogP contribution in [0.4, 0.5) is 10.1 Å². The van der Waals surface area contributed by atoms with E-state index in [0.717, 1.165) is 5.56 Å². The average Bonchev–Trinajstić information content (AvgIpc) is 2.78. The summed E-state index contributed by atoms with van der Waals surface area (Å²) >= 11 is 3.47. The minimum Gasteiger partial charge on any atom is -0.493 e. The van der Waals surface area contributed by atoms with Gasteiger partial charge in [-0.3, -0.25) is 4.79 Å². The Morgan fingerprint density at radius 1 is 1.16 bits per heavy atom. The van der Waals surface area contributed by atoms with Crippen molar-refractivity contribution in [3.63, 3.8) is 0 Å². The van der Waals surface area contributed by atoms with Crippen LogP contribution in [0.25, 0.3) is 6.08 Å². The number of amides is 1. The summed E-state index contributed by atoms with van der Waals surface area (Å²) in [4.78, 5) is 12.4. The standard InChI is InChI=1S/C24H18BrFN2O3/c1-30-22-13-17(12-21(25)23(22)31-15-16-5-3-2-4-6-16)11-18(14-27)24(29)28-20-9-7-19(26)8-10-20/h2-13H,15H2,1H3,(H,28,29)/b18-11+. The van der Waals surface area contributed by atoms with Crippen molar-refractivity contribution in [1.29, 1.82) is 5.26 Å². The fourth-order valence-electron chi connectivity index (χ4n) is 2.74. The summed E-state index contributed by atoms with van der Waals surface area (Å²) in [5.74, 6) is -0.0558. The molecule has 3 aromatic carbocycles. The third kappa shape index (κ3) is 5.93. The molecule has 3 rings (SSSR count). The number of carbonyl (C=O) groups excluding carboxylic acids is 1. The molecule has 0 atom stereocenters. The van der Waals surface area contributed by atoms with Gasteiger partial charge in [0.15, 0.2) is 11.5 Å². The Bertz CT molecular complexity index is 1140. The van der Waals surface area contributed by atoms with Crippen LogP contribution in [0.3, 0.4) is 0 Å². The number of nitrogens with one attached hydrogen (secondary N) is 1. The lowest BCUT2D eigenvalue weighted by atomic mass is 10.1. The lowest BCUT2D eigenvalue weighted by Crippen LogP contribution is -2.13. The Labute approximate surface area is 187 Å². The van der Waals surface area contributed by atoms with Gasteiger partial charge in [0, 0.05) is 5.69 Å². The lowest BCUT2D eigenvalue weighted by molar-refractivity contribution is -0.112. The summed E-state index contributed by atoms with van der Waals surface area (Å²) in [6.07, 6.45) is 1.44. The maximum absolute atomic E-state index is 13.0. The minimum absolute atomic E-state index is 0.115. The molecule has 5 nitrogen and oxygen atoms in total. The van der Waals surface area contributed by atoms with E-state index in [1.54, 1.807) is 12.1 Å². The fraction of sp³-hybridized carbons (Fsp3) is 0.0833. The molecule has 31 heavy (non-hydrogen) atoms. The maximum atomic E-state index is 13.0. The molecule has 3 aromatic rings. The molecule has 0 bridgehead atoms. The molecule has 7 heteroatoms. The van der Waals surface area contributed by atoms with Crippen molar-refractivity contribution < 1.29 is 18.7 Å². The first-order chi connectivity index (χ1) is 15.0. The number of ether oxygens (including phenoxy) is 2. The van der Waals surface area contributed by atoms with E-state index in [4.69, 9.17) is 9.47 Å². The topological polar surface area (TPSA) is 71.3 Å². The number of rotatable bonds is 7. The summed E-state index contributed by atoms with van der Waals surface area (Å²) in [6, 6.07) is 20.3. The van der Waals surface area contributed by atoms with Gasteiger partial charge in [0.2, 0.25) is 0 Å². The molecule has 156 valence electrons. The van der Waals surface area contributed by atoms with Crippen LogP contribution in [-0.2, 0) is 11.4 Å². The third-order valence-corrected chi connectivity index (χ3v) is 4.84. The van der Waals surface area contributed by atoms with Gasteiger partial charge >= 0.3 is 0 Å². The van der Waals surface area contributed by atoms with Gasteiger partial charge in [-0.2, -0.15) is 5.26 Å². The number of benzene rings is 3. The van der Waals surface area contributed by atoms with Crippen molar-refractivity contribution in [2.24, 2.45) is 0 Å². The third-order valence-electron chi connectivity index (χ3n) is 4.26. The summed E-state index contributed by atoms with van der Waals surface area (Å²) < 4.78 is 25.0. The van der Waals surface area contributed by atoms with Gasteiger partial charge < -0.3 is 14.8 Å². The minimum atomic E-state index is -0.603. The Morgan fingerprint density at radius 3 is 2.52 bits per heavy atom. The van der Waals surface area contributed by atoms with Crippen LogP contribution in [0.15, 0.2) is 76.8 Å². The van der Waals surface area contributed by atoms with Gasteiger partial charge in [0.25, 0.3) is 5.91 Å². The number of halogens is 2. The van der Waals surface area contributed by atoms with E-state index < -0.39 is 11.7 Å². The highest BCUT2D eigenvalue weighted by atomic mass is 79.9. The number of nitriles is 1. The second-order valence-electron chi connectivity index (χ2n) is 6.44. The predicted octanol–water partition coefficient (Wildman–Crippen LogP) is 5.72. The Morgan fingerprint density at radius 2 is 1.87 bits per heavy atom. The predicted molar refractivity (Wildman–Crippen MR) is 120 cm³/mol. The van der Waals surface area contributed by atoms with Gasteiger partial charge in [-0.1, -0.05) is 30.3 Å². The van der Waals surface area contributed by atoms with Gasteiger partial charge in [0.1, 0.15) is 24.1 Å². The zero-order valence-corrected chi connectivity index (χ0v) is 18.1. The number of anilines is 1. The summed E-state index contributed by atoms with van der Waals surface area (Å²) in [5, 5.41) is 12.0. The molecule has 0 saturated carbocycles. The van der Waals surface area contributed by atoms with Gasteiger partial charge in [-0.25, -0.2) is 4.39 Å². The fourth-order valence-corrected chi connectivity index (χ4v) is 3.31. The van der Waals surface area contributed by atoms with Crippen molar-refractivity contribution in [2.75, 3.05) is 12.4 Å². The van der Waals surface area contributed by atoms with E-state index in [1.165, 1.54) is 37.5 Å². The van der Waals surface area contributed by atoms with Crippen LogP contribution in [0, 0.1) is 17.1 Å². The number of carbonyl (C=O) groups is 1. The van der Waals surface area contributed by atoms with Gasteiger partial charge in [-0.05, 0) is 69.5 Å². The molecule has 0 aromatic heterocycles. The van der Waals surface area contributed by atoms with Crippen molar-refractivity contribution >= 4 is 33.6 Å². The van der Waals surface area contributed by atoms with Gasteiger partial charge in [0.05, 0.1) is 11.6 Å². The number of nitrogens with zero attached hydrogens (tertiary/aromatic N) is 1. The second kappa shape index (κ2) is 10.4. The Balaban J connectivity index is 1.81. The smallest absolute Gasteiger partial charge is 0.266 e. The molecule has 0 heterocycles. The van der Waals surface area contributed by atoms with Crippen molar-refractivity contribution in [3.8, 4) is 17.6 Å². The SMILES string of the molecule is COc1cc(/C=C(\C#N)C(=O)Nc2ccc(F)cc2)cc(Br)c1OCc1ccccc1. The summed E-state index contributed by atoms with van der Waals surface area (Å²) in [7, 11) is 1.51. The van der Waals surface area contributed by atoms with E-state index in [-0.39, 0.29) is 5.57 Å². The van der Waals surface area contributed by atoms with Crippen LogP contribution in [0.5, 0.6) is 11.5 Å². The number of methoxy groups -OCH3 is 1. The van der Waals surface area contributed by atoms with Crippen molar-refractivity contribution in [2.45, 2.75) is 6.61 Å². The van der Waals surface area contributed by atoms with E-state index >= 15 is 0 Å². The molecule has 0 spiro atoms. The Hall–Kier alpha value is -3.63. The highest BCUT2D eigenvalue weighted by Gasteiger charge is 2.14. The second-order valence-corrected chi connectivity index (χ2v) is 7.29. The quantitative estimate of drug-likeness (QED) is 0.346. The first-order valence-corrected chi connectivity index (χ1v) is 10.0. The molecule has 1 N–H and O–H groups in total. The molecule has 1 amide bonds. The first-order valence-electron chi connectivity index (χ1n) is 9.23. The van der Waals surface area contributed by atoms with Gasteiger partial charge in [-0.15, -0.1) is 0 Å². The molecule has 0 fully saturated rings. The van der Waals surface area contributed by atoms with E-state index in [0.29, 0.717) is 33.8 Å². The molecule has 0 unspecified atom stereocenters. The first kappa shape index (κ1) is 22.1. The number of hydrogen-bond acceptors (Lipinski definition) is 4. The zero-order valence-electron chi connectivity index (χ0n) is 16.6. The van der Waals surface area contributed by atoms with Crippen LogP contribution in [-0.4, -0.2) is 13.0 Å². The normalized spacial score (nSPS) is 10.8. The van der Waals surface area contributed by atoms with E-state index in [1.807, 2.05) is 36.4 Å². The summed E-state index contributed by atoms with van der Waals surface area (Å²) in [5.41, 5.74) is 1.85. The average molecular weight is 481 g/mol. The van der Waals surface area contributed by atoms with E-state index in [9.17, 15) is 14.4 Å². The maximum Gasteiger partial charge on any atom is 0.266 e. The van der Waals surface area contributed by atoms with Crippen LogP contribution < -0.4 is 14.8 Å². The van der Waals surface area contributed by atoms with Crippen molar-refractivity contribution in [3.05, 3.63) is 93.7 Å². The Kier molecular flexibility index (Phi) is 7.41. The van der Waals surface area contributed by atoms with E-state index in [2.05, 4.69) is 21.2 Å². The monoisotopic (exact) mass is 480 g/mol. The van der Waals surface area contributed by atoms with Crippen molar-refractivity contribution in [1.82, 2.24) is 0 Å². The molecule has 0 aliphatic rings. The van der Waals surface area contributed by atoms with Crippen LogP contribution in [0.2, 0.25) is 0 Å². The van der Waals surface area contributed by atoms with Crippen LogP contribution in [0.1, 0.15) is 11.1 Å². The molecule has 0 aliphatic heterocycles. The molecule has 0 radical (unpaired) electrons. The molecular formula is C24H18BrFN2O3. The number of hydrogen-bond donors (Lipinski definition) is 1. The highest BCUT2D eigenvalue weighted by molar-refractivity contribution is 9.10. The summed E-state index contributed by atoms with van der Waals surface area (Å²) in [6.45, 7) is 0.356. The van der Waals surface area contributed by atoms with Crippen LogP contribution >= 0.6 is 15.9 Å². The lowest BCUT2D eigenvalue weighted by Gasteiger charge is -2.14. The molecular weight excluding hydrogens is 463 g/mol. The largest absolute Gasteiger partial charge is 0.493 e. The molecule has 0 aliphatic carbocycles. The molecule has 0 saturated heterocycles. The highest BCUT2D eigenvalue weighted by Crippen LogP contribution is 2.37. The zero-order chi connectivity index (χ0) is 22.2.